The highest BCUT2D eigenvalue weighted by Gasteiger charge is 2.30. The van der Waals surface area contributed by atoms with Crippen molar-refractivity contribution in [2.45, 2.75) is 58.7 Å². The zero-order valence-electron chi connectivity index (χ0n) is 15.1. The van der Waals surface area contributed by atoms with Crippen LogP contribution in [0.5, 0.6) is 0 Å². The van der Waals surface area contributed by atoms with E-state index >= 15 is 0 Å². The second-order valence-electron chi connectivity index (χ2n) is 6.66. The largest absolute Gasteiger partial charge is 0.444 e. The summed E-state index contributed by atoms with van der Waals surface area (Å²) in [4.78, 5) is 25.9. The third kappa shape index (κ3) is 7.96. The normalized spacial score (nSPS) is 12.6. The molecule has 1 atom stereocenters. The average molecular weight is 356 g/mol. The molecule has 0 fully saturated rings. The van der Waals surface area contributed by atoms with Crippen molar-refractivity contribution in [3.63, 3.8) is 0 Å². The molecule has 0 heterocycles. The molecule has 0 radical (unpaired) electrons. The maximum atomic E-state index is 12.9. The second kappa shape index (κ2) is 9.34. The average Bonchev–Trinajstić information content (AvgIpc) is 2.50. The SMILES string of the molecule is CCN(Cc1ccccc1)C(=O)C(CC(F)F)NC(=O)OC(C)(C)C. The van der Waals surface area contributed by atoms with E-state index in [0.717, 1.165) is 5.56 Å². The van der Waals surface area contributed by atoms with Crippen LogP contribution < -0.4 is 5.32 Å². The number of alkyl halides is 2. The molecule has 25 heavy (non-hydrogen) atoms. The van der Waals surface area contributed by atoms with Gasteiger partial charge in [0.2, 0.25) is 12.3 Å². The lowest BCUT2D eigenvalue weighted by molar-refractivity contribution is -0.135. The molecule has 1 aromatic rings. The third-order valence-electron chi connectivity index (χ3n) is 3.31. The van der Waals surface area contributed by atoms with Gasteiger partial charge in [0.1, 0.15) is 11.6 Å². The number of likely N-dealkylation sites (N-methyl/N-ethyl adjacent to an activating group) is 1. The molecule has 0 aromatic heterocycles. The van der Waals surface area contributed by atoms with Crippen molar-refractivity contribution in [1.82, 2.24) is 10.2 Å². The van der Waals surface area contributed by atoms with E-state index in [4.69, 9.17) is 4.74 Å². The van der Waals surface area contributed by atoms with Crippen LogP contribution in [0.15, 0.2) is 30.3 Å². The maximum Gasteiger partial charge on any atom is 0.408 e. The Bertz CT molecular complexity index is 559. The van der Waals surface area contributed by atoms with Gasteiger partial charge in [0.15, 0.2) is 0 Å². The van der Waals surface area contributed by atoms with E-state index < -0.39 is 36.5 Å². The lowest BCUT2D eigenvalue weighted by Gasteiger charge is -2.28. The highest BCUT2D eigenvalue weighted by Crippen LogP contribution is 2.13. The summed E-state index contributed by atoms with van der Waals surface area (Å²) in [5.74, 6) is -0.558. The minimum atomic E-state index is -2.72. The van der Waals surface area contributed by atoms with Gasteiger partial charge in [0.25, 0.3) is 0 Å². The highest BCUT2D eigenvalue weighted by atomic mass is 19.3. The molecule has 0 saturated heterocycles. The van der Waals surface area contributed by atoms with Gasteiger partial charge >= 0.3 is 6.09 Å². The first-order valence-corrected chi connectivity index (χ1v) is 8.22. The predicted molar refractivity (Wildman–Crippen MR) is 91.3 cm³/mol. The number of nitrogens with one attached hydrogen (secondary N) is 1. The number of ether oxygens (including phenoxy) is 1. The Morgan fingerprint density at radius 1 is 1.20 bits per heavy atom. The van der Waals surface area contributed by atoms with Crippen LogP contribution in [0.2, 0.25) is 0 Å². The summed E-state index contributed by atoms with van der Waals surface area (Å²) in [5, 5.41) is 2.27. The minimum Gasteiger partial charge on any atom is -0.444 e. The minimum absolute atomic E-state index is 0.284. The van der Waals surface area contributed by atoms with E-state index in [1.165, 1.54) is 4.90 Å². The van der Waals surface area contributed by atoms with Crippen LogP contribution in [0.1, 0.15) is 39.7 Å². The molecule has 0 aliphatic carbocycles. The van der Waals surface area contributed by atoms with E-state index in [-0.39, 0.29) is 6.54 Å². The monoisotopic (exact) mass is 356 g/mol. The van der Waals surface area contributed by atoms with Crippen LogP contribution in [0.3, 0.4) is 0 Å². The molecule has 0 aliphatic heterocycles. The summed E-state index contributed by atoms with van der Waals surface area (Å²) in [6.45, 7) is 7.35. The van der Waals surface area contributed by atoms with Crippen molar-refractivity contribution >= 4 is 12.0 Å². The number of amides is 2. The zero-order valence-corrected chi connectivity index (χ0v) is 15.1. The highest BCUT2D eigenvalue weighted by molar-refractivity contribution is 5.85. The molecule has 1 unspecified atom stereocenters. The molecular formula is C18H26F2N2O3. The molecular weight excluding hydrogens is 330 g/mol. The Balaban J connectivity index is 2.84. The molecule has 5 nitrogen and oxygen atoms in total. The van der Waals surface area contributed by atoms with Crippen LogP contribution in [0, 0.1) is 0 Å². The fourth-order valence-electron chi connectivity index (χ4n) is 2.22. The van der Waals surface area contributed by atoms with E-state index in [9.17, 15) is 18.4 Å². The quantitative estimate of drug-likeness (QED) is 0.812. The Hall–Kier alpha value is -2.18. The summed E-state index contributed by atoms with van der Waals surface area (Å²) in [6.07, 6.45) is -4.37. The van der Waals surface area contributed by atoms with Crippen molar-refractivity contribution in [2.75, 3.05) is 6.54 Å². The van der Waals surface area contributed by atoms with Gasteiger partial charge in [-0.3, -0.25) is 4.79 Å². The molecule has 1 N–H and O–H groups in total. The molecule has 0 saturated carbocycles. The molecule has 1 aromatic carbocycles. The molecule has 1 rings (SSSR count). The lowest BCUT2D eigenvalue weighted by atomic mass is 10.1. The fraction of sp³-hybridized carbons (Fsp3) is 0.556. The first kappa shape index (κ1) is 20.9. The van der Waals surface area contributed by atoms with Gasteiger partial charge in [0.05, 0.1) is 0 Å². The number of benzene rings is 1. The lowest BCUT2D eigenvalue weighted by Crippen LogP contribution is -2.50. The predicted octanol–water partition coefficient (Wildman–Crippen LogP) is 3.58. The summed E-state index contributed by atoms with van der Waals surface area (Å²) < 4.78 is 30.8. The number of rotatable bonds is 7. The summed E-state index contributed by atoms with van der Waals surface area (Å²) >= 11 is 0. The Kier molecular flexibility index (Phi) is 7.80. The van der Waals surface area contributed by atoms with Crippen LogP contribution in [-0.2, 0) is 16.1 Å². The van der Waals surface area contributed by atoms with Crippen molar-refractivity contribution in [1.29, 1.82) is 0 Å². The molecule has 0 spiro atoms. The third-order valence-corrected chi connectivity index (χ3v) is 3.31. The summed E-state index contributed by atoms with van der Waals surface area (Å²) in [7, 11) is 0. The number of alkyl carbamates (subject to hydrolysis) is 1. The number of carbonyl (C=O) groups excluding carboxylic acids is 2. The molecule has 7 heteroatoms. The molecule has 0 bridgehead atoms. The first-order valence-electron chi connectivity index (χ1n) is 8.22. The number of hydrogen-bond donors (Lipinski definition) is 1. The second-order valence-corrected chi connectivity index (χ2v) is 6.66. The Labute approximate surface area is 147 Å². The van der Waals surface area contributed by atoms with Gasteiger partial charge in [-0.15, -0.1) is 0 Å². The number of carbonyl (C=O) groups is 2. The molecule has 0 aliphatic rings. The van der Waals surface area contributed by atoms with Crippen LogP contribution in [0.4, 0.5) is 13.6 Å². The number of nitrogens with zero attached hydrogens (tertiary/aromatic N) is 1. The van der Waals surface area contributed by atoms with Crippen LogP contribution in [-0.4, -0.2) is 41.5 Å². The molecule has 140 valence electrons. The Morgan fingerprint density at radius 3 is 2.28 bits per heavy atom. The van der Waals surface area contributed by atoms with Gasteiger partial charge in [-0.2, -0.15) is 0 Å². The molecule has 2 amide bonds. The van der Waals surface area contributed by atoms with Gasteiger partial charge in [0, 0.05) is 19.5 Å². The van der Waals surface area contributed by atoms with Crippen LogP contribution >= 0.6 is 0 Å². The summed E-state index contributed by atoms with van der Waals surface area (Å²) in [6, 6.07) is 7.88. The van der Waals surface area contributed by atoms with Crippen molar-refractivity contribution < 1.29 is 23.1 Å². The van der Waals surface area contributed by atoms with E-state index in [1.807, 2.05) is 30.3 Å². The van der Waals surface area contributed by atoms with Gasteiger partial charge in [-0.1, -0.05) is 30.3 Å². The van der Waals surface area contributed by atoms with Crippen LogP contribution in [0.25, 0.3) is 0 Å². The fourth-order valence-corrected chi connectivity index (χ4v) is 2.22. The number of hydrogen-bond acceptors (Lipinski definition) is 3. The number of halogens is 2. The standard InChI is InChI=1S/C18H26F2N2O3/c1-5-22(12-13-9-7-6-8-10-13)16(23)14(11-15(19)20)21-17(24)25-18(2,3)4/h6-10,14-15H,5,11-12H2,1-4H3,(H,21,24). The van der Waals surface area contributed by atoms with Crippen molar-refractivity contribution in [3.05, 3.63) is 35.9 Å². The van der Waals surface area contributed by atoms with Crippen molar-refractivity contribution in [3.8, 4) is 0 Å². The van der Waals surface area contributed by atoms with E-state index in [1.54, 1.807) is 27.7 Å². The van der Waals surface area contributed by atoms with Crippen molar-refractivity contribution in [2.24, 2.45) is 0 Å². The van der Waals surface area contributed by atoms with Gasteiger partial charge in [-0.25, -0.2) is 13.6 Å². The van der Waals surface area contributed by atoms with Gasteiger partial charge < -0.3 is 15.0 Å². The Morgan fingerprint density at radius 2 is 1.80 bits per heavy atom. The zero-order chi connectivity index (χ0) is 19.0. The maximum absolute atomic E-state index is 12.9. The topological polar surface area (TPSA) is 58.6 Å². The van der Waals surface area contributed by atoms with Gasteiger partial charge in [-0.05, 0) is 33.3 Å². The van der Waals surface area contributed by atoms with E-state index in [0.29, 0.717) is 6.54 Å². The first-order chi connectivity index (χ1) is 11.6. The van der Waals surface area contributed by atoms with E-state index in [2.05, 4.69) is 5.32 Å². The smallest absolute Gasteiger partial charge is 0.408 e. The summed E-state index contributed by atoms with van der Waals surface area (Å²) in [5.41, 5.74) is 0.0996.